The molecular formula is C29H32Cl2FN3O4S. The molecule has 3 aromatic carbocycles. The van der Waals surface area contributed by atoms with E-state index in [0.717, 1.165) is 28.3 Å². The van der Waals surface area contributed by atoms with Crippen LogP contribution in [0.5, 0.6) is 0 Å². The summed E-state index contributed by atoms with van der Waals surface area (Å²) >= 11 is 12.3. The molecular weight excluding hydrogens is 576 g/mol. The topological polar surface area (TPSA) is 86.8 Å². The highest BCUT2D eigenvalue weighted by Gasteiger charge is 2.34. The molecule has 0 fully saturated rings. The van der Waals surface area contributed by atoms with Crippen LogP contribution in [0.4, 0.5) is 10.1 Å². The Morgan fingerprint density at radius 2 is 1.55 bits per heavy atom. The van der Waals surface area contributed by atoms with Crippen molar-refractivity contribution < 1.29 is 22.4 Å². The summed E-state index contributed by atoms with van der Waals surface area (Å²) in [6, 6.07) is 17.9. The first-order valence-electron chi connectivity index (χ1n) is 12.5. The number of carbonyl (C=O) groups is 2. The van der Waals surface area contributed by atoms with Crippen LogP contribution in [0.3, 0.4) is 0 Å². The molecule has 0 heterocycles. The van der Waals surface area contributed by atoms with E-state index in [-0.39, 0.29) is 23.7 Å². The monoisotopic (exact) mass is 607 g/mol. The molecule has 40 heavy (non-hydrogen) atoms. The number of amides is 2. The quantitative estimate of drug-likeness (QED) is 0.332. The summed E-state index contributed by atoms with van der Waals surface area (Å²) in [4.78, 5) is 29.0. The predicted molar refractivity (Wildman–Crippen MR) is 157 cm³/mol. The first kappa shape index (κ1) is 31.4. The molecule has 0 unspecified atom stereocenters. The maximum atomic E-state index is 14.0. The van der Waals surface area contributed by atoms with Crippen molar-refractivity contribution in [2.75, 3.05) is 17.1 Å². The van der Waals surface area contributed by atoms with Gasteiger partial charge in [0.05, 0.1) is 22.0 Å². The predicted octanol–water partition coefficient (Wildman–Crippen LogP) is 5.45. The van der Waals surface area contributed by atoms with Crippen LogP contribution >= 0.6 is 23.2 Å². The maximum Gasteiger partial charge on any atom is 0.244 e. The molecule has 1 N–H and O–H groups in total. The second kappa shape index (κ2) is 13.0. The van der Waals surface area contributed by atoms with Crippen LogP contribution in [0.2, 0.25) is 10.0 Å². The van der Waals surface area contributed by atoms with E-state index in [1.807, 2.05) is 51.1 Å². The zero-order valence-corrected chi connectivity index (χ0v) is 25.0. The Morgan fingerprint density at radius 1 is 0.925 bits per heavy atom. The fraction of sp³-hybridized carbons (Fsp3) is 0.310. The van der Waals surface area contributed by atoms with Gasteiger partial charge in [0.2, 0.25) is 21.8 Å². The van der Waals surface area contributed by atoms with Crippen molar-refractivity contribution in [1.82, 2.24) is 10.2 Å². The molecule has 1 atom stereocenters. The molecule has 7 nitrogen and oxygen atoms in total. The number of halogens is 3. The molecule has 0 aromatic heterocycles. The van der Waals surface area contributed by atoms with Gasteiger partial charge in [-0.15, -0.1) is 0 Å². The number of carbonyl (C=O) groups excluding carboxylic acids is 2. The van der Waals surface area contributed by atoms with Gasteiger partial charge in [0.25, 0.3) is 0 Å². The van der Waals surface area contributed by atoms with Crippen LogP contribution in [-0.4, -0.2) is 49.5 Å². The van der Waals surface area contributed by atoms with Gasteiger partial charge < -0.3 is 10.2 Å². The second-order valence-corrected chi connectivity index (χ2v) is 13.2. The summed E-state index contributed by atoms with van der Waals surface area (Å²) in [5.41, 5.74) is 0.918. The minimum absolute atomic E-state index is 0.0498. The van der Waals surface area contributed by atoms with E-state index < -0.39 is 45.8 Å². The molecule has 11 heteroatoms. The van der Waals surface area contributed by atoms with Crippen molar-refractivity contribution in [2.45, 2.75) is 45.3 Å². The summed E-state index contributed by atoms with van der Waals surface area (Å²) in [5, 5.41) is 3.55. The molecule has 0 aliphatic heterocycles. The van der Waals surface area contributed by atoms with Gasteiger partial charge in [-0.05, 0) is 68.3 Å². The van der Waals surface area contributed by atoms with Crippen LogP contribution in [0, 0.1) is 5.82 Å². The van der Waals surface area contributed by atoms with Gasteiger partial charge in [0, 0.05) is 18.5 Å². The van der Waals surface area contributed by atoms with Gasteiger partial charge in [-0.25, -0.2) is 12.8 Å². The SMILES string of the molecule is CC(C)(C)NC(=O)[C@@H](Cc1ccccc1)N(Cc1ccc(Cl)c(Cl)c1)C(=O)CN(c1ccc(F)cc1)S(C)(=O)=O. The van der Waals surface area contributed by atoms with E-state index in [0.29, 0.717) is 10.6 Å². The summed E-state index contributed by atoms with van der Waals surface area (Å²) < 4.78 is 40.0. The molecule has 0 aliphatic rings. The highest BCUT2D eigenvalue weighted by atomic mass is 35.5. The van der Waals surface area contributed by atoms with Gasteiger partial charge in [-0.1, -0.05) is 59.6 Å². The Labute approximate surface area is 244 Å². The Balaban J connectivity index is 2.08. The third-order valence-electron chi connectivity index (χ3n) is 5.90. The average molecular weight is 609 g/mol. The number of nitrogens with one attached hydrogen (secondary N) is 1. The Hall–Kier alpha value is -3.14. The van der Waals surface area contributed by atoms with Gasteiger partial charge in [-0.2, -0.15) is 0 Å². The van der Waals surface area contributed by atoms with Crippen LogP contribution in [0.25, 0.3) is 0 Å². The first-order chi connectivity index (χ1) is 18.6. The molecule has 3 rings (SSSR count). The number of benzene rings is 3. The lowest BCUT2D eigenvalue weighted by atomic mass is 10.0. The smallest absolute Gasteiger partial charge is 0.244 e. The highest BCUT2D eigenvalue weighted by molar-refractivity contribution is 7.92. The number of rotatable bonds is 10. The van der Waals surface area contributed by atoms with E-state index in [9.17, 15) is 22.4 Å². The van der Waals surface area contributed by atoms with Crippen LogP contribution in [-0.2, 0) is 32.6 Å². The molecule has 2 amide bonds. The van der Waals surface area contributed by atoms with Crippen molar-refractivity contribution >= 4 is 50.7 Å². The van der Waals surface area contributed by atoms with Crippen molar-refractivity contribution in [3.05, 3.63) is 99.8 Å². The molecule has 0 bridgehead atoms. The molecule has 0 saturated carbocycles. The van der Waals surface area contributed by atoms with Crippen molar-refractivity contribution in [1.29, 1.82) is 0 Å². The number of anilines is 1. The Bertz CT molecular complexity index is 1450. The molecule has 0 saturated heterocycles. The van der Waals surface area contributed by atoms with Crippen LogP contribution < -0.4 is 9.62 Å². The largest absolute Gasteiger partial charge is 0.350 e. The third kappa shape index (κ3) is 8.94. The minimum atomic E-state index is -3.95. The summed E-state index contributed by atoms with van der Waals surface area (Å²) in [6.07, 6.45) is 1.13. The van der Waals surface area contributed by atoms with E-state index in [4.69, 9.17) is 23.2 Å². The van der Waals surface area contributed by atoms with Crippen molar-refractivity contribution in [2.24, 2.45) is 0 Å². The summed E-state index contributed by atoms with van der Waals surface area (Å²) in [7, 11) is -3.95. The minimum Gasteiger partial charge on any atom is -0.350 e. The summed E-state index contributed by atoms with van der Waals surface area (Å²) in [5.74, 6) is -1.59. The standard InChI is InChI=1S/C29H32Cl2FN3O4S/c1-29(2,3)33-28(37)26(17-20-8-6-5-7-9-20)34(18-21-10-15-24(30)25(31)16-21)27(36)19-35(40(4,38)39)23-13-11-22(32)12-14-23/h5-16,26H,17-19H2,1-4H3,(H,33,37)/t26-/m1/s1. The zero-order valence-electron chi connectivity index (χ0n) is 22.7. The van der Waals surface area contributed by atoms with Gasteiger partial charge >= 0.3 is 0 Å². The van der Waals surface area contributed by atoms with Crippen LogP contribution in [0.1, 0.15) is 31.9 Å². The van der Waals surface area contributed by atoms with E-state index in [1.54, 1.807) is 18.2 Å². The Morgan fingerprint density at radius 3 is 2.10 bits per heavy atom. The van der Waals surface area contributed by atoms with Crippen molar-refractivity contribution in [3.63, 3.8) is 0 Å². The molecule has 0 radical (unpaired) electrons. The number of hydrogen-bond acceptors (Lipinski definition) is 4. The van der Waals surface area contributed by atoms with Gasteiger partial charge in [0.1, 0.15) is 18.4 Å². The fourth-order valence-electron chi connectivity index (χ4n) is 4.06. The van der Waals surface area contributed by atoms with Gasteiger partial charge in [-0.3, -0.25) is 13.9 Å². The Kier molecular flexibility index (Phi) is 10.2. The van der Waals surface area contributed by atoms with E-state index in [1.165, 1.54) is 17.0 Å². The average Bonchev–Trinajstić information content (AvgIpc) is 2.86. The van der Waals surface area contributed by atoms with E-state index >= 15 is 0 Å². The van der Waals surface area contributed by atoms with Gasteiger partial charge in [0.15, 0.2) is 0 Å². The third-order valence-corrected chi connectivity index (χ3v) is 7.78. The first-order valence-corrected chi connectivity index (χ1v) is 15.1. The van der Waals surface area contributed by atoms with Crippen molar-refractivity contribution in [3.8, 4) is 0 Å². The maximum absolute atomic E-state index is 14.0. The second-order valence-electron chi connectivity index (χ2n) is 10.5. The highest BCUT2D eigenvalue weighted by Crippen LogP contribution is 2.25. The fourth-order valence-corrected chi connectivity index (χ4v) is 5.23. The number of sulfonamides is 1. The lowest BCUT2D eigenvalue weighted by Gasteiger charge is -2.35. The number of nitrogens with zero attached hydrogens (tertiary/aromatic N) is 2. The lowest BCUT2D eigenvalue weighted by molar-refractivity contribution is -0.140. The zero-order chi connectivity index (χ0) is 29.7. The molecule has 0 aliphatic carbocycles. The molecule has 214 valence electrons. The lowest BCUT2D eigenvalue weighted by Crippen LogP contribution is -2.56. The number of hydrogen-bond donors (Lipinski definition) is 1. The molecule has 3 aromatic rings. The van der Waals surface area contributed by atoms with Crippen LogP contribution in [0.15, 0.2) is 72.8 Å². The van der Waals surface area contributed by atoms with E-state index in [2.05, 4.69) is 5.32 Å². The molecule has 0 spiro atoms. The summed E-state index contributed by atoms with van der Waals surface area (Å²) in [6.45, 7) is 4.83. The normalized spacial score (nSPS) is 12.5.